The smallest absolute Gasteiger partial charge is 0.0789 e. The van der Waals surface area contributed by atoms with Crippen molar-refractivity contribution >= 4 is 18.1 Å². The number of piperidine rings is 1. The fraction of sp³-hybridized carbons (Fsp3) is 0.750. The largest absolute Gasteiger partial charge is 0.391 e. The second kappa shape index (κ2) is 8.53. The average molecular weight is 405 g/mol. The molecule has 4 fully saturated rings. The Kier molecular flexibility index (Phi) is 6.25. The van der Waals surface area contributed by atoms with E-state index in [1.165, 1.54) is 63.7 Å². The van der Waals surface area contributed by atoms with Crippen molar-refractivity contribution in [3.05, 3.63) is 30.3 Å². The Morgan fingerprint density at radius 3 is 2.11 bits per heavy atom. The summed E-state index contributed by atoms with van der Waals surface area (Å²) in [7, 11) is 0. The van der Waals surface area contributed by atoms with E-state index >= 15 is 0 Å². The predicted molar refractivity (Wildman–Crippen MR) is 118 cm³/mol. The number of rotatable bonds is 2. The first-order valence-electron chi connectivity index (χ1n) is 11.5. The molecule has 1 aromatic rings. The van der Waals surface area contributed by atoms with Crippen molar-refractivity contribution in [2.24, 2.45) is 11.8 Å². The molecule has 0 radical (unpaired) electrons. The molecule has 2 aliphatic carbocycles. The molecule has 0 amide bonds. The topological polar surface area (TPSA) is 26.7 Å². The number of hydrogen-bond acceptors (Lipinski definition) is 3. The normalized spacial score (nSPS) is 35.4. The van der Waals surface area contributed by atoms with Gasteiger partial charge in [-0.15, -0.1) is 12.4 Å². The predicted octanol–water partition coefficient (Wildman–Crippen LogP) is 4.87. The quantitative estimate of drug-likeness (QED) is 0.761. The number of likely N-dealkylation sites (tertiary alicyclic amines) is 1. The number of aliphatic hydroxyl groups is 1. The van der Waals surface area contributed by atoms with Crippen LogP contribution in [0, 0.1) is 11.8 Å². The fourth-order valence-electron chi connectivity index (χ4n) is 6.97. The van der Waals surface area contributed by atoms with E-state index in [0.29, 0.717) is 0 Å². The Balaban J connectivity index is 0.00000192. The zero-order valence-electron chi connectivity index (χ0n) is 17.1. The van der Waals surface area contributed by atoms with Crippen LogP contribution in [0.2, 0.25) is 0 Å². The van der Waals surface area contributed by atoms with Gasteiger partial charge < -0.3 is 14.9 Å². The van der Waals surface area contributed by atoms with E-state index in [-0.39, 0.29) is 24.0 Å². The van der Waals surface area contributed by atoms with Crippen LogP contribution in [0.1, 0.15) is 64.2 Å². The first kappa shape index (κ1) is 20.5. The van der Waals surface area contributed by atoms with Crippen LogP contribution in [-0.4, -0.2) is 47.3 Å². The molecule has 2 heterocycles. The molecule has 3 nitrogen and oxygen atoms in total. The van der Waals surface area contributed by atoms with Gasteiger partial charge in [-0.1, -0.05) is 50.3 Å². The minimum atomic E-state index is -0.172. The third kappa shape index (κ3) is 3.59. The highest BCUT2D eigenvalue weighted by Gasteiger charge is 2.50. The summed E-state index contributed by atoms with van der Waals surface area (Å²) in [5.74, 6) is 2.01. The second-order valence-corrected chi connectivity index (χ2v) is 9.71. The van der Waals surface area contributed by atoms with Gasteiger partial charge in [0.1, 0.15) is 0 Å². The molecule has 28 heavy (non-hydrogen) atoms. The highest BCUT2D eigenvalue weighted by molar-refractivity contribution is 5.85. The Morgan fingerprint density at radius 1 is 0.821 bits per heavy atom. The maximum Gasteiger partial charge on any atom is 0.0789 e. The number of hydrogen-bond donors (Lipinski definition) is 1. The van der Waals surface area contributed by atoms with Crippen LogP contribution in [0.5, 0.6) is 0 Å². The number of aliphatic hydroxyl groups excluding tert-OH is 1. The molecule has 1 aromatic carbocycles. The zero-order chi connectivity index (χ0) is 18.3. The average Bonchev–Trinajstić information content (AvgIpc) is 3.17. The Labute approximate surface area is 176 Å². The summed E-state index contributed by atoms with van der Waals surface area (Å²) in [4.78, 5) is 5.33. The highest BCUT2D eigenvalue weighted by Crippen LogP contribution is 2.46. The summed E-state index contributed by atoms with van der Waals surface area (Å²) in [5.41, 5.74) is 1.27. The molecule has 4 heteroatoms. The highest BCUT2D eigenvalue weighted by atomic mass is 35.5. The Hall–Kier alpha value is -0.770. The van der Waals surface area contributed by atoms with Gasteiger partial charge in [-0.25, -0.2) is 0 Å². The molecule has 3 atom stereocenters. The van der Waals surface area contributed by atoms with Gasteiger partial charge in [-0.2, -0.15) is 0 Å². The SMILES string of the molecule is Cl.OC1CCN(c2ccccc2)C12CCN(C1CC3CCCCCC3C1)CC2. The van der Waals surface area contributed by atoms with Crippen LogP contribution < -0.4 is 4.90 Å². The first-order valence-corrected chi connectivity index (χ1v) is 11.5. The molecular formula is C24H37ClN2O. The molecule has 4 aliphatic rings. The van der Waals surface area contributed by atoms with Gasteiger partial charge in [-0.05, 0) is 56.1 Å². The van der Waals surface area contributed by atoms with Crippen molar-refractivity contribution in [3.8, 4) is 0 Å². The minimum Gasteiger partial charge on any atom is -0.391 e. The second-order valence-electron chi connectivity index (χ2n) is 9.71. The molecule has 156 valence electrons. The van der Waals surface area contributed by atoms with E-state index in [1.807, 2.05) is 0 Å². The molecule has 0 aromatic heterocycles. The summed E-state index contributed by atoms with van der Waals surface area (Å²) in [5, 5.41) is 10.9. The van der Waals surface area contributed by atoms with E-state index in [4.69, 9.17) is 0 Å². The zero-order valence-corrected chi connectivity index (χ0v) is 18.0. The van der Waals surface area contributed by atoms with Gasteiger partial charge in [0, 0.05) is 31.4 Å². The summed E-state index contributed by atoms with van der Waals surface area (Å²) < 4.78 is 0. The van der Waals surface area contributed by atoms with Gasteiger partial charge in [0.2, 0.25) is 0 Å². The molecule has 0 bridgehead atoms. The maximum absolute atomic E-state index is 10.9. The number of fused-ring (bicyclic) bond motifs is 1. The van der Waals surface area contributed by atoms with Crippen LogP contribution in [0.15, 0.2) is 30.3 Å². The lowest BCUT2D eigenvalue weighted by Gasteiger charge is -2.49. The third-order valence-corrected chi connectivity index (χ3v) is 8.50. The van der Waals surface area contributed by atoms with Crippen molar-refractivity contribution in [1.29, 1.82) is 0 Å². The number of anilines is 1. The lowest BCUT2D eigenvalue weighted by atomic mass is 9.82. The van der Waals surface area contributed by atoms with Crippen LogP contribution in [-0.2, 0) is 0 Å². The van der Waals surface area contributed by atoms with Gasteiger partial charge >= 0.3 is 0 Å². The van der Waals surface area contributed by atoms with Crippen LogP contribution in [0.3, 0.4) is 0 Å². The molecule has 1 N–H and O–H groups in total. The summed E-state index contributed by atoms with van der Waals surface area (Å²) in [6, 6.07) is 11.6. The van der Waals surface area contributed by atoms with E-state index in [0.717, 1.165) is 43.7 Å². The Morgan fingerprint density at radius 2 is 1.46 bits per heavy atom. The van der Waals surface area contributed by atoms with E-state index in [1.54, 1.807) is 0 Å². The van der Waals surface area contributed by atoms with Crippen molar-refractivity contribution in [2.75, 3.05) is 24.5 Å². The van der Waals surface area contributed by atoms with Gasteiger partial charge in [0.15, 0.2) is 0 Å². The van der Waals surface area contributed by atoms with Crippen molar-refractivity contribution in [1.82, 2.24) is 4.90 Å². The van der Waals surface area contributed by atoms with Gasteiger partial charge in [0.25, 0.3) is 0 Å². The monoisotopic (exact) mass is 404 g/mol. The van der Waals surface area contributed by atoms with E-state index in [9.17, 15) is 5.11 Å². The standard InChI is InChI=1S/C24H36N2O.ClH/c27-23-11-14-26(21-9-5-2-6-10-21)24(23)12-15-25(16-13-24)22-17-19-7-3-1-4-8-20(19)18-22;/h2,5-6,9-10,19-20,22-23,27H,1,3-4,7-8,11-18H2;1H. The van der Waals surface area contributed by atoms with Crippen LogP contribution in [0.25, 0.3) is 0 Å². The molecule has 5 rings (SSSR count). The first-order chi connectivity index (χ1) is 13.3. The molecule has 3 unspecified atom stereocenters. The molecule has 2 saturated heterocycles. The number of nitrogens with zero attached hydrogens (tertiary/aromatic N) is 2. The molecular weight excluding hydrogens is 368 g/mol. The lowest BCUT2D eigenvalue weighted by Crippen LogP contribution is -2.58. The molecule has 1 spiro atoms. The summed E-state index contributed by atoms with van der Waals surface area (Å²) in [6.45, 7) is 3.34. The maximum atomic E-state index is 10.9. The Bertz CT molecular complexity index is 617. The van der Waals surface area contributed by atoms with E-state index < -0.39 is 0 Å². The van der Waals surface area contributed by atoms with Gasteiger partial charge in [0.05, 0.1) is 11.6 Å². The third-order valence-electron chi connectivity index (χ3n) is 8.50. The summed E-state index contributed by atoms with van der Waals surface area (Å²) >= 11 is 0. The van der Waals surface area contributed by atoms with Crippen molar-refractivity contribution in [2.45, 2.75) is 81.9 Å². The molecule has 2 saturated carbocycles. The van der Waals surface area contributed by atoms with Crippen molar-refractivity contribution in [3.63, 3.8) is 0 Å². The lowest BCUT2D eigenvalue weighted by molar-refractivity contribution is 0.0411. The summed E-state index contributed by atoms with van der Waals surface area (Å²) in [6.07, 6.45) is 13.3. The van der Waals surface area contributed by atoms with E-state index in [2.05, 4.69) is 40.1 Å². The van der Waals surface area contributed by atoms with Gasteiger partial charge in [-0.3, -0.25) is 0 Å². The van der Waals surface area contributed by atoms with Crippen LogP contribution in [0.4, 0.5) is 5.69 Å². The van der Waals surface area contributed by atoms with Crippen molar-refractivity contribution < 1.29 is 5.11 Å². The number of benzene rings is 1. The number of para-hydroxylation sites is 1. The van der Waals surface area contributed by atoms with Crippen LogP contribution >= 0.6 is 12.4 Å². The molecule has 2 aliphatic heterocycles. The fourth-order valence-corrected chi connectivity index (χ4v) is 6.97. The minimum absolute atomic E-state index is 0. The number of halogens is 1.